The fraction of sp³-hybridized carbons (Fsp3) is 0.700. The first kappa shape index (κ1) is 10.9. The van der Waals surface area contributed by atoms with Crippen molar-refractivity contribution >= 4 is 5.84 Å². The molecular weight excluding hydrogens is 208 g/mol. The summed E-state index contributed by atoms with van der Waals surface area (Å²) >= 11 is 0. The average Bonchev–Trinajstić information content (AvgIpc) is 2.77. The van der Waals surface area contributed by atoms with Gasteiger partial charge in [0.1, 0.15) is 11.3 Å². The normalized spacial score (nSPS) is 42.8. The van der Waals surface area contributed by atoms with Crippen LogP contribution in [0.2, 0.25) is 0 Å². The van der Waals surface area contributed by atoms with E-state index in [0.717, 1.165) is 0 Å². The second-order valence-electron chi connectivity index (χ2n) is 4.05. The summed E-state index contributed by atoms with van der Waals surface area (Å²) in [6.45, 7) is 1.78. The summed E-state index contributed by atoms with van der Waals surface area (Å²) in [5.74, 6) is -1.60. The number of nitriles is 2. The van der Waals surface area contributed by atoms with Crippen molar-refractivity contribution in [1.29, 1.82) is 10.5 Å². The van der Waals surface area contributed by atoms with Crippen LogP contribution in [0.4, 0.5) is 0 Å². The Kier molecular flexibility index (Phi) is 1.86. The number of hydrogen-bond acceptors (Lipinski definition) is 6. The van der Waals surface area contributed by atoms with E-state index in [1.807, 2.05) is 0 Å². The van der Waals surface area contributed by atoms with Gasteiger partial charge in [0.05, 0.1) is 12.1 Å². The van der Waals surface area contributed by atoms with Crippen molar-refractivity contribution < 1.29 is 9.47 Å². The third-order valence-corrected chi connectivity index (χ3v) is 3.91. The fourth-order valence-electron chi connectivity index (χ4n) is 2.94. The third-order valence-electron chi connectivity index (χ3n) is 3.91. The van der Waals surface area contributed by atoms with E-state index >= 15 is 0 Å². The molecule has 3 atom stereocenters. The molecule has 2 N–H and O–H groups in total. The van der Waals surface area contributed by atoms with Gasteiger partial charge in [-0.25, -0.2) is 4.99 Å². The Morgan fingerprint density at radius 2 is 1.88 bits per heavy atom. The zero-order valence-corrected chi connectivity index (χ0v) is 9.31. The molecule has 1 aliphatic carbocycles. The molecule has 0 spiro atoms. The zero-order valence-electron chi connectivity index (χ0n) is 9.31. The molecular formula is C10H12N4O2. The summed E-state index contributed by atoms with van der Waals surface area (Å²) in [5, 5.41) is 18.6. The summed E-state index contributed by atoms with van der Waals surface area (Å²) in [6.07, 6.45) is 0. The highest BCUT2D eigenvalue weighted by molar-refractivity contribution is 5.98. The van der Waals surface area contributed by atoms with Gasteiger partial charge in [0.25, 0.3) is 5.91 Å². The van der Waals surface area contributed by atoms with Crippen LogP contribution in [0.3, 0.4) is 0 Å². The summed E-state index contributed by atoms with van der Waals surface area (Å²) in [4.78, 5) is 4.03. The van der Waals surface area contributed by atoms with Crippen LogP contribution in [0, 0.1) is 39.4 Å². The minimum absolute atomic E-state index is 0.118. The van der Waals surface area contributed by atoms with Gasteiger partial charge in [-0.1, -0.05) is 6.92 Å². The molecule has 0 saturated heterocycles. The molecule has 16 heavy (non-hydrogen) atoms. The fourth-order valence-corrected chi connectivity index (χ4v) is 2.94. The molecule has 0 amide bonds. The number of fused-ring (bicyclic) bond motifs is 1. The standard InChI is InChI=1S/C10H12N4O2/c1-6-8(4-11)7(13)14-10(15-2,16-3)9(6,8)5-12/h6H,1-3H3,(H2,13,14). The topological polar surface area (TPSA) is 104 Å². The van der Waals surface area contributed by atoms with Gasteiger partial charge in [0.2, 0.25) is 0 Å². The molecule has 3 unspecified atom stereocenters. The van der Waals surface area contributed by atoms with Crippen molar-refractivity contribution in [3.8, 4) is 12.1 Å². The van der Waals surface area contributed by atoms with Gasteiger partial charge in [-0.15, -0.1) is 0 Å². The second-order valence-corrected chi connectivity index (χ2v) is 4.05. The van der Waals surface area contributed by atoms with Gasteiger partial charge in [0.15, 0.2) is 5.41 Å². The van der Waals surface area contributed by atoms with E-state index in [1.165, 1.54) is 14.2 Å². The number of aliphatic imine (C=N–C) groups is 1. The summed E-state index contributed by atoms with van der Waals surface area (Å²) in [7, 11) is 2.77. The Balaban J connectivity index is 2.67. The van der Waals surface area contributed by atoms with E-state index < -0.39 is 16.7 Å². The van der Waals surface area contributed by atoms with Crippen LogP contribution in [0.5, 0.6) is 0 Å². The molecule has 0 aromatic heterocycles. The minimum atomic E-state index is -1.46. The highest BCUT2D eigenvalue weighted by Gasteiger charge is 2.91. The number of rotatable bonds is 2. The lowest BCUT2D eigenvalue weighted by Crippen LogP contribution is -2.41. The van der Waals surface area contributed by atoms with Crippen LogP contribution in [0.15, 0.2) is 4.99 Å². The van der Waals surface area contributed by atoms with Crippen LogP contribution >= 0.6 is 0 Å². The van der Waals surface area contributed by atoms with E-state index in [2.05, 4.69) is 17.1 Å². The molecule has 0 aromatic rings. The van der Waals surface area contributed by atoms with Crippen molar-refractivity contribution in [2.24, 2.45) is 27.5 Å². The Morgan fingerprint density at radius 3 is 2.19 bits per heavy atom. The SMILES string of the molecule is COC1(OC)N=C(N)C2(C#N)C(C)C12C#N. The van der Waals surface area contributed by atoms with Gasteiger partial charge >= 0.3 is 0 Å². The molecule has 0 aromatic carbocycles. The maximum Gasteiger partial charge on any atom is 0.292 e. The van der Waals surface area contributed by atoms with Gasteiger partial charge in [-0.2, -0.15) is 10.5 Å². The molecule has 6 heteroatoms. The molecule has 1 aliphatic heterocycles. The van der Waals surface area contributed by atoms with Crippen LogP contribution in [0.1, 0.15) is 6.92 Å². The van der Waals surface area contributed by atoms with Crippen molar-refractivity contribution in [3.63, 3.8) is 0 Å². The molecule has 1 heterocycles. The Labute approximate surface area is 93.3 Å². The maximum absolute atomic E-state index is 9.36. The lowest BCUT2D eigenvalue weighted by atomic mass is 9.94. The number of nitrogens with zero attached hydrogens (tertiary/aromatic N) is 3. The first-order valence-electron chi connectivity index (χ1n) is 4.81. The highest BCUT2D eigenvalue weighted by atomic mass is 16.7. The van der Waals surface area contributed by atoms with E-state index in [4.69, 9.17) is 15.2 Å². The van der Waals surface area contributed by atoms with E-state index in [1.54, 1.807) is 6.92 Å². The molecule has 2 aliphatic rings. The Morgan fingerprint density at radius 1 is 1.31 bits per heavy atom. The van der Waals surface area contributed by atoms with Crippen LogP contribution in [0.25, 0.3) is 0 Å². The maximum atomic E-state index is 9.36. The zero-order chi connectivity index (χ0) is 12.2. The summed E-state index contributed by atoms with van der Waals surface area (Å²) in [5.41, 5.74) is 3.55. The molecule has 0 bridgehead atoms. The number of nitrogens with two attached hydrogens (primary N) is 1. The molecule has 84 valence electrons. The molecule has 0 radical (unpaired) electrons. The van der Waals surface area contributed by atoms with Gasteiger partial charge in [0, 0.05) is 20.1 Å². The van der Waals surface area contributed by atoms with E-state index in [0.29, 0.717) is 0 Å². The first-order chi connectivity index (χ1) is 7.53. The van der Waals surface area contributed by atoms with Crippen LogP contribution in [-0.2, 0) is 9.47 Å². The van der Waals surface area contributed by atoms with Gasteiger partial charge in [-0.05, 0) is 0 Å². The molecule has 1 saturated carbocycles. The Bertz CT molecular complexity index is 456. The van der Waals surface area contributed by atoms with Gasteiger partial charge in [-0.3, -0.25) is 0 Å². The number of amidine groups is 1. The Hall–Kier alpha value is -1.63. The van der Waals surface area contributed by atoms with Crippen molar-refractivity contribution in [1.82, 2.24) is 0 Å². The largest absolute Gasteiger partial charge is 0.386 e. The predicted octanol–water partition coefficient (Wildman–Crippen LogP) is -0.0265. The van der Waals surface area contributed by atoms with Crippen molar-refractivity contribution in [3.05, 3.63) is 0 Å². The van der Waals surface area contributed by atoms with Crippen molar-refractivity contribution in [2.45, 2.75) is 12.8 Å². The van der Waals surface area contributed by atoms with E-state index in [-0.39, 0.29) is 11.8 Å². The quantitative estimate of drug-likeness (QED) is 0.658. The second kappa shape index (κ2) is 2.73. The summed E-state index contributed by atoms with van der Waals surface area (Å²) in [6, 6.07) is 4.20. The highest BCUT2D eigenvalue weighted by Crippen LogP contribution is 2.77. The molecule has 6 nitrogen and oxygen atoms in total. The first-order valence-corrected chi connectivity index (χ1v) is 4.81. The number of methoxy groups -OCH3 is 2. The monoisotopic (exact) mass is 220 g/mol. The van der Waals surface area contributed by atoms with Crippen LogP contribution in [-0.4, -0.2) is 26.0 Å². The average molecular weight is 220 g/mol. The number of hydrogen-bond donors (Lipinski definition) is 1. The molecule has 1 fully saturated rings. The predicted molar refractivity (Wildman–Crippen MR) is 53.6 cm³/mol. The third kappa shape index (κ3) is 0.656. The van der Waals surface area contributed by atoms with E-state index in [9.17, 15) is 10.5 Å². The lowest BCUT2D eigenvalue weighted by molar-refractivity contribution is -0.232. The van der Waals surface area contributed by atoms with Gasteiger partial charge < -0.3 is 15.2 Å². The summed E-state index contributed by atoms with van der Waals surface area (Å²) < 4.78 is 10.4. The lowest BCUT2D eigenvalue weighted by Gasteiger charge is -2.28. The van der Waals surface area contributed by atoms with Crippen LogP contribution < -0.4 is 5.73 Å². The smallest absolute Gasteiger partial charge is 0.292 e. The van der Waals surface area contributed by atoms with Crippen molar-refractivity contribution in [2.75, 3.05) is 14.2 Å². The molecule has 2 rings (SSSR count). The minimum Gasteiger partial charge on any atom is -0.386 e. The number of ether oxygens (including phenoxy) is 2.